The second-order valence-electron chi connectivity index (χ2n) is 7.36. The van der Waals surface area contributed by atoms with Gasteiger partial charge in [0.25, 0.3) is 0 Å². The van der Waals surface area contributed by atoms with E-state index in [1.807, 2.05) is 13.0 Å². The maximum absolute atomic E-state index is 13.2. The number of rotatable bonds is 5. The van der Waals surface area contributed by atoms with Crippen LogP contribution in [0, 0.1) is 6.92 Å². The molecule has 144 valence electrons. The van der Waals surface area contributed by atoms with Gasteiger partial charge in [-0.1, -0.05) is 12.1 Å². The first kappa shape index (κ1) is 18.3. The van der Waals surface area contributed by atoms with Crippen LogP contribution in [0.15, 0.2) is 35.5 Å². The van der Waals surface area contributed by atoms with Gasteiger partial charge in [-0.3, -0.25) is 14.7 Å². The second kappa shape index (κ2) is 7.18. The number of likely N-dealkylation sites (tertiary alicyclic amines) is 1. The highest BCUT2D eigenvalue weighted by Gasteiger charge is 2.34. The Bertz CT molecular complexity index is 967. The minimum atomic E-state index is -3.63. The quantitative estimate of drug-likeness (QED) is 0.830. The van der Waals surface area contributed by atoms with Gasteiger partial charge < -0.3 is 5.32 Å². The van der Waals surface area contributed by atoms with Crippen LogP contribution in [0.3, 0.4) is 0 Å². The summed E-state index contributed by atoms with van der Waals surface area (Å²) in [6, 6.07) is 5.14. The minimum absolute atomic E-state index is 0.0222. The maximum atomic E-state index is 13.2. The molecule has 0 radical (unpaired) electrons. The lowest BCUT2D eigenvalue weighted by molar-refractivity contribution is -0.123. The molecule has 2 aliphatic heterocycles. The molecule has 27 heavy (non-hydrogen) atoms. The average Bonchev–Trinajstić information content (AvgIpc) is 3.07. The molecule has 1 aromatic heterocycles. The van der Waals surface area contributed by atoms with E-state index in [0.717, 1.165) is 35.8 Å². The number of pyridine rings is 1. The van der Waals surface area contributed by atoms with Crippen LogP contribution in [-0.4, -0.2) is 67.3 Å². The zero-order valence-electron chi connectivity index (χ0n) is 15.4. The van der Waals surface area contributed by atoms with Gasteiger partial charge in [-0.05, 0) is 44.5 Å². The molecule has 4 rings (SSSR count). The van der Waals surface area contributed by atoms with Crippen LogP contribution in [0.25, 0.3) is 10.8 Å². The molecule has 0 spiro atoms. The fraction of sp³-hybridized carbons (Fsp3) is 0.474. The summed E-state index contributed by atoms with van der Waals surface area (Å²) in [6.07, 6.45) is 5.15. The van der Waals surface area contributed by atoms with Crippen molar-refractivity contribution < 1.29 is 13.2 Å². The number of benzene rings is 1. The van der Waals surface area contributed by atoms with E-state index in [0.29, 0.717) is 31.0 Å². The van der Waals surface area contributed by atoms with Crippen LogP contribution >= 0.6 is 0 Å². The molecule has 2 aromatic rings. The van der Waals surface area contributed by atoms with Crippen molar-refractivity contribution in [3.05, 3.63) is 36.2 Å². The van der Waals surface area contributed by atoms with Crippen LogP contribution in [0.5, 0.6) is 0 Å². The average molecular weight is 388 g/mol. The van der Waals surface area contributed by atoms with Crippen molar-refractivity contribution in [1.29, 1.82) is 0 Å². The van der Waals surface area contributed by atoms with E-state index in [9.17, 15) is 13.2 Å². The van der Waals surface area contributed by atoms with Gasteiger partial charge in [-0.15, -0.1) is 0 Å². The van der Waals surface area contributed by atoms with Gasteiger partial charge in [0.1, 0.15) is 0 Å². The first-order chi connectivity index (χ1) is 12.9. The highest BCUT2D eigenvalue weighted by atomic mass is 32.2. The van der Waals surface area contributed by atoms with Gasteiger partial charge in [0.2, 0.25) is 15.9 Å². The summed E-state index contributed by atoms with van der Waals surface area (Å²) in [4.78, 5) is 18.7. The smallest absolute Gasteiger partial charge is 0.243 e. The molecule has 3 heterocycles. The topological polar surface area (TPSA) is 82.6 Å². The first-order valence-corrected chi connectivity index (χ1v) is 10.7. The van der Waals surface area contributed by atoms with E-state index in [4.69, 9.17) is 0 Å². The molecule has 0 saturated carbocycles. The monoisotopic (exact) mass is 388 g/mol. The first-order valence-electron chi connectivity index (χ1n) is 9.30. The number of amides is 1. The van der Waals surface area contributed by atoms with E-state index < -0.39 is 10.0 Å². The van der Waals surface area contributed by atoms with E-state index in [1.165, 1.54) is 4.31 Å². The number of carbonyl (C=O) groups excluding carboxylic acids is 1. The number of sulfonamides is 1. The number of nitrogens with one attached hydrogen (secondary N) is 1. The fourth-order valence-corrected chi connectivity index (χ4v) is 5.59. The third-order valence-electron chi connectivity index (χ3n) is 5.38. The standard InChI is InChI=1S/C19H24N4O3S/c1-14-10-20-11-15-4-2-5-17(19(14)15)27(25,26)23-9-6-16(12-23)21-18(24)13-22-7-3-8-22/h2,4-5,10-11,16H,3,6-9,12-13H2,1H3,(H,21,24)/t16-/m0/s1. The van der Waals surface area contributed by atoms with Crippen LogP contribution < -0.4 is 5.32 Å². The van der Waals surface area contributed by atoms with Gasteiger partial charge >= 0.3 is 0 Å². The van der Waals surface area contributed by atoms with Crippen molar-refractivity contribution in [1.82, 2.24) is 19.5 Å². The second-order valence-corrected chi connectivity index (χ2v) is 9.26. The molecule has 7 nitrogen and oxygen atoms in total. The van der Waals surface area contributed by atoms with Crippen molar-refractivity contribution in [3.8, 4) is 0 Å². The van der Waals surface area contributed by atoms with Gasteiger partial charge in [-0.25, -0.2) is 8.42 Å². The largest absolute Gasteiger partial charge is 0.351 e. The summed E-state index contributed by atoms with van der Waals surface area (Å²) in [7, 11) is -3.63. The Labute approximate surface area is 159 Å². The SMILES string of the molecule is Cc1cncc2cccc(S(=O)(=O)N3CC[C@H](NC(=O)CN4CCC4)C3)c12. The Morgan fingerprint density at radius 1 is 1.26 bits per heavy atom. The van der Waals surface area contributed by atoms with E-state index in [1.54, 1.807) is 24.5 Å². The van der Waals surface area contributed by atoms with E-state index in [-0.39, 0.29) is 11.9 Å². The van der Waals surface area contributed by atoms with Crippen molar-refractivity contribution >= 4 is 26.7 Å². The molecule has 0 aliphatic carbocycles. The lowest BCUT2D eigenvalue weighted by Crippen LogP contribution is -2.47. The molecule has 1 aromatic carbocycles. The lowest BCUT2D eigenvalue weighted by atomic mass is 10.1. The number of aromatic nitrogens is 1. The third kappa shape index (κ3) is 3.56. The van der Waals surface area contributed by atoms with Crippen molar-refractivity contribution in [3.63, 3.8) is 0 Å². The lowest BCUT2D eigenvalue weighted by Gasteiger charge is -2.30. The molecular weight excluding hydrogens is 364 g/mol. The summed E-state index contributed by atoms with van der Waals surface area (Å²) in [5, 5.41) is 4.52. The zero-order chi connectivity index (χ0) is 19.0. The summed E-state index contributed by atoms with van der Waals surface area (Å²) in [5.74, 6) is -0.0222. The van der Waals surface area contributed by atoms with Crippen LogP contribution in [0.1, 0.15) is 18.4 Å². The molecule has 1 N–H and O–H groups in total. The number of carbonyl (C=O) groups is 1. The van der Waals surface area contributed by atoms with Crippen molar-refractivity contribution in [2.45, 2.75) is 30.7 Å². The van der Waals surface area contributed by atoms with Gasteiger partial charge in [-0.2, -0.15) is 4.31 Å². The summed E-state index contributed by atoms with van der Waals surface area (Å²) in [6.45, 7) is 4.93. The Balaban J connectivity index is 1.51. The number of nitrogens with zero attached hydrogens (tertiary/aromatic N) is 3. The van der Waals surface area contributed by atoms with Crippen LogP contribution in [-0.2, 0) is 14.8 Å². The maximum Gasteiger partial charge on any atom is 0.243 e. The Kier molecular flexibility index (Phi) is 4.88. The molecule has 2 aliphatic rings. The molecule has 1 atom stereocenters. The Morgan fingerprint density at radius 3 is 2.81 bits per heavy atom. The third-order valence-corrected chi connectivity index (χ3v) is 7.29. The highest BCUT2D eigenvalue weighted by molar-refractivity contribution is 7.89. The number of hydrogen-bond acceptors (Lipinski definition) is 5. The van der Waals surface area contributed by atoms with Crippen LogP contribution in [0.2, 0.25) is 0 Å². The predicted molar refractivity (Wildman–Crippen MR) is 103 cm³/mol. The highest BCUT2D eigenvalue weighted by Crippen LogP contribution is 2.29. The minimum Gasteiger partial charge on any atom is -0.351 e. The molecule has 8 heteroatoms. The molecule has 2 fully saturated rings. The number of fused-ring (bicyclic) bond motifs is 1. The van der Waals surface area contributed by atoms with Gasteiger partial charge in [0, 0.05) is 42.3 Å². The van der Waals surface area contributed by atoms with Gasteiger partial charge in [0.15, 0.2) is 0 Å². The molecule has 1 amide bonds. The fourth-order valence-electron chi connectivity index (χ4n) is 3.81. The van der Waals surface area contributed by atoms with E-state index in [2.05, 4.69) is 15.2 Å². The number of hydrogen-bond donors (Lipinski definition) is 1. The normalized spacial score (nSPS) is 21.3. The molecular formula is C19H24N4O3S. The summed E-state index contributed by atoms with van der Waals surface area (Å²) < 4.78 is 28.0. The predicted octanol–water partition coefficient (Wildman–Crippen LogP) is 1.13. The van der Waals surface area contributed by atoms with Crippen molar-refractivity contribution in [2.24, 2.45) is 0 Å². The van der Waals surface area contributed by atoms with Gasteiger partial charge in [0.05, 0.1) is 11.4 Å². The van der Waals surface area contributed by atoms with Crippen molar-refractivity contribution in [2.75, 3.05) is 32.7 Å². The number of aryl methyl sites for hydroxylation is 1. The Morgan fingerprint density at radius 2 is 2.07 bits per heavy atom. The van der Waals surface area contributed by atoms with E-state index >= 15 is 0 Å². The zero-order valence-corrected chi connectivity index (χ0v) is 16.2. The Hall–Kier alpha value is -2.03. The van der Waals surface area contributed by atoms with Crippen LogP contribution in [0.4, 0.5) is 0 Å². The molecule has 0 bridgehead atoms. The summed E-state index contributed by atoms with van der Waals surface area (Å²) in [5.41, 5.74) is 0.838. The molecule has 2 saturated heterocycles. The summed E-state index contributed by atoms with van der Waals surface area (Å²) >= 11 is 0. The molecule has 0 unspecified atom stereocenters.